The molecule has 0 saturated heterocycles. The molecule has 0 saturated carbocycles. The highest BCUT2D eigenvalue weighted by Gasteiger charge is 2.12. The summed E-state index contributed by atoms with van der Waals surface area (Å²) in [6.07, 6.45) is 2.89. The van der Waals surface area contributed by atoms with Gasteiger partial charge in [-0.25, -0.2) is 9.67 Å². The first-order chi connectivity index (χ1) is 17.0. The largest absolute Gasteiger partial charge is 0.350 e. The average molecular weight is 468 g/mol. The second kappa shape index (κ2) is 9.18. The van der Waals surface area contributed by atoms with Gasteiger partial charge in [-0.1, -0.05) is 42.5 Å². The second-order valence-corrected chi connectivity index (χ2v) is 8.02. The summed E-state index contributed by atoms with van der Waals surface area (Å²) < 4.78 is 3.00. The van der Waals surface area contributed by atoms with E-state index in [-0.39, 0.29) is 23.7 Å². The number of aromatic nitrogens is 4. The molecule has 0 aliphatic carbocycles. The maximum Gasteiger partial charge on any atom is 0.269 e. The number of rotatable bonds is 7. The van der Waals surface area contributed by atoms with Crippen molar-refractivity contribution in [1.29, 1.82) is 0 Å². The van der Waals surface area contributed by atoms with Gasteiger partial charge in [0.1, 0.15) is 11.7 Å². The molecular formula is C25H20N6O4. The van der Waals surface area contributed by atoms with Crippen LogP contribution in [-0.4, -0.2) is 36.7 Å². The van der Waals surface area contributed by atoms with Gasteiger partial charge in [0.25, 0.3) is 17.2 Å². The van der Waals surface area contributed by atoms with E-state index >= 15 is 0 Å². The Kier molecular flexibility index (Phi) is 5.76. The fourth-order valence-electron chi connectivity index (χ4n) is 3.90. The van der Waals surface area contributed by atoms with Crippen molar-refractivity contribution in [2.45, 2.75) is 13.1 Å². The van der Waals surface area contributed by atoms with Gasteiger partial charge in [0, 0.05) is 24.2 Å². The Bertz CT molecular complexity index is 1620. The molecule has 35 heavy (non-hydrogen) atoms. The van der Waals surface area contributed by atoms with Crippen LogP contribution in [0.25, 0.3) is 21.8 Å². The van der Waals surface area contributed by atoms with Crippen molar-refractivity contribution in [3.8, 4) is 0 Å². The van der Waals surface area contributed by atoms with Gasteiger partial charge in [0.05, 0.1) is 24.2 Å². The van der Waals surface area contributed by atoms with E-state index in [0.717, 1.165) is 16.3 Å². The van der Waals surface area contributed by atoms with Crippen LogP contribution in [0.2, 0.25) is 0 Å². The number of hydrogen-bond donors (Lipinski definition) is 1. The smallest absolute Gasteiger partial charge is 0.269 e. The van der Waals surface area contributed by atoms with E-state index in [9.17, 15) is 19.7 Å². The van der Waals surface area contributed by atoms with E-state index in [1.54, 1.807) is 22.9 Å². The number of carbonyl (C=O) groups excluding carboxylic acids is 1. The number of benzene rings is 3. The highest BCUT2D eigenvalue weighted by atomic mass is 16.6. The fraction of sp³-hybridized carbons (Fsp3) is 0.120. The molecule has 5 rings (SSSR count). The van der Waals surface area contributed by atoms with Gasteiger partial charge in [0.15, 0.2) is 5.65 Å². The summed E-state index contributed by atoms with van der Waals surface area (Å²) in [5.74, 6) is -0.189. The predicted octanol–water partition coefficient (Wildman–Crippen LogP) is 3.13. The number of fused-ring (bicyclic) bond motifs is 2. The lowest BCUT2D eigenvalue weighted by atomic mass is 10.1. The van der Waals surface area contributed by atoms with Crippen LogP contribution in [-0.2, 0) is 13.1 Å². The molecule has 0 bridgehead atoms. The highest BCUT2D eigenvalue weighted by molar-refractivity contribution is 5.98. The standard InChI is InChI=1S/C25H20N6O4/c32-24(20-8-7-18-3-1-2-4-19(18)13-20)26-11-12-30-23-22(14-28-30)25(33)29(16-27-23)15-17-5-9-21(10-6-17)31(34)35/h1-10,13-14,16H,11-12,15H2,(H,26,32). The molecule has 0 aliphatic heterocycles. The number of hydrogen-bond acceptors (Lipinski definition) is 6. The lowest BCUT2D eigenvalue weighted by Gasteiger charge is -2.08. The molecular weight excluding hydrogens is 448 g/mol. The van der Waals surface area contributed by atoms with E-state index in [0.29, 0.717) is 29.7 Å². The van der Waals surface area contributed by atoms with E-state index < -0.39 is 4.92 Å². The Morgan fingerprint density at radius 1 is 1.03 bits per heavy atom. The highest BCUT2D eigenvalue weighted by Crippen LogP contribution is 2.16. The second-order valence-electron chi connectivity index (χ2n) is 8.02. The maximum atomic E-state index is 12.9. The normalized spacial score (nSPS) is 11.1. The number of amides is 1. The van der Waals surface area contributed by atoms with Crippen LogP contribution >= 0.6 is 0 Å². The van der Waals surface area contributed by atoms with Crippen LogP contribution in [0.4, 0.5) is 5.69 Å². The number of nitro benzene ring substituents is 1. The first-order valence-electron chi connectivity index (χ1n) is 10.9. The van der Waals surface area contributed by atoms with Crippen molar-refractivity contribution in [3.05, 3.63) is 111 Å². The predicted molar refractivity (Wildman–Crippen MR) is 130 cm³/mol. The molecule has 0 atom stereocenters. The lowest BCUT2D eigenvalue weighted by Crippen LogP contribution is -2.27. The van der Waals surface area contributed by atoms with Crippen molar-refractivity contribution < 1.29 is 9.72 Å². The first kappa shape index (κ1) is 22.0. The minimum absolute atomic E-state index is 0.0105. The summed E-state index contributed by atoms with van der Waals surface area (Å²) in [5.41, 5.74) is 1.46. The monoisotopic (exact) mass is 468 g/mol. The molecule has 174 valence electrons. The number of carbonyl (C=O) groups is 1. The van der Waals surface area contributed by atoms with Gasteiger partial charge >= 0.3 is 0 Å². The molecule has 10 heteroatoms. The molecule has 1 N–H and O–H groups in total. The van der Waals surface area contributed by atoms with Gasteiger partial charge in [-0.2, -0.15) is 5.10 Å². The number of nitrogens with one attached hydrogen (secondary N) is 1. The van der Waals surface area contributed by atoms with Crippen molar-refractivity contribution in [2.24, 2.45) is 0 Å². The SMILES string of the molecule is O=C(NCCn1ncc2c(=O)n(Cc3ccc([N+](=O)[O-])cc3)cnc21)c1ccc2ccccc2c1. The molecule has 5 aromatic rings. The zero-order chi connectivity index (χ0) is 24.4. The summed E-state index contributed by atoms with van der Waals surface area (Å²) in [4.78, 5) is 40.2. The van der Waals surface area contributed by atoms with Crippen molar-refractivity contribution in [3.63, 3.8) is 0 Å². The fourth-order valence-corrected chi connectivity index (χ4v) is 3.90. The number of nitro groups is 1. The third kappa shape index (κ3) is 4.49. The molecule has 0 unspecified atom stereocenters. The maximum absolute atomic E-state index is 12.9. The molecule has 1 amide bonds. The van der Waals surface area contributed by atoms with Gasteiger partial charge in [-0.05, 0) is 28.5 Å². The molecule has 3 aromatic carbocycles. The summed E-state index contributed by atoms with van der Waals surface area (Å²) in [6.45, 7) is 0.893. The molecule has 2 aromatic heterocycles. The third-order valence-corrected chi connectivity index (χ3v) is 5.74. The summed E-state index contributed by atoms with van der Waals surface area (Å²) in [6, 6.07) is 19.4. The Labute approximate surface area is 198 Å². The van der Waals surface area contributed by atoms with Crippen LogP contribution in [0.1, 0.15) is 15.9 Å². The zero-order valence-corrected chi connectivity index (χ0v) is 18.5. The Morgan fingerprint density at radius 3 is 2.57 bits per heavy atom. The van der Waals surface area contributed by atoms with Crippen molar-refractivity contribution in [1.82, 2.24) is 24.6 Å². The molecule has 10 nitrogen and oxygen atoms in total. The van der Waals surface area contributed by atoms with Crippen molar-refractivity contribution in [2.75, 3.05) is 6.54 Å². The van der Waals surface area contributed by atoms with Crippen LogP contribution in [0.3, 0.4) is 0 Å². The van der Waals surface area contributed by atoms with E-state index in [1.807, 2.05) is 36.4 Å². The minimum atomic E-state index is -0.470. The summed E-state index contributed by atoms with van der Waals surface area (Å²) in [5, 5.41) is 20.4. The van der Waals surface area contributed by atoms with E-state index in [2.05, 4.69) is 15.4 Å². The van der Waals surface area contributed by atoms with Crippen LogP contribution in [0.5, 0.6) is 0 Å². The summed E-state index contributed by atoms with van der Waals surface area (Å²) in [7, 11) is 0. The first-order valence-corrected chi connectivity index (χ1v) is 10.9. The van der Waals surface area contributed by atoms with E-state index in [4.69, 9.17) is 0 Å². The molecule has 0 fully saturated rings. The zero-order valence-electron chi connectivity index (χ0n) is 18.5. The van der Waals surface area contributed by atoms with Gasteiger partial charge in [-0.15, -0.1) is 0 Å². The third-order valence-electron chi connectivity index (χ3n) is 5.74. The molecule has 0 spiro atoms. The van der Waals surface area contributed by atoms with Crippen LogP contribution in [0, 0.1) is 10.1 Å². The molecule has 0 radical (unpaired) electrons. The lowest BCUT2D eigenvalue weighted by molar-refractivity contribution is -0.384. The number of non-ortho nitro benzene ring substituents is 1. The van der Waals surface area contributed by atoms with Gasteiger partial charge < -0.3 is 5.32 Å². The van der Waals surface area contributed by atoms with Crippen LogP contribution < -0.4 is 10.9 Å². The van der Waals surface area contributed by atoms with Gasteiger partial charge in [-0.3, -0.25) is 24.3 Å². The number of nitrogens with zero attached hydrogens (tertiary/aromatic N) is 5. The Hall–Kier alpha value is -4.86. The quantitative estimate of drug-likeness (QED) is 0.289. The Morgan fingerprint density at radius 2 is 1.80 bits per heavy atom. The molecule has 0 aliphatic rings. The Balaban J connectivity index is 1.26. The average Bonchev–Trinajstić information content (AvgIpc) is 3.29. The van der Waals surface area contributed by atoms with Gasteiger partial charge in [0.2, 0.25) is 0 Å². The van der Waals surface area contributed by atoms with Crippen LogP contribution in [0.15, 0.2) is 84.0 Å². The van der Waals surface area contributed by atoms with Crippen molar-refractivity contribution >= 4 is 33.4 Å². The summed E-state index contributed by atoms with van der Waals surface area (Å²) >= 11 is 0. The topological polar surface area (TPSA) is 125 Å². The van der Waals surface area contributed by atoms with E-state index in [1.165, 1.54) is 29.2 Å². The molecule has 2 heterocycles. The minimum Gasteiger partial charge on any atom is -0.350 e.